The first kappa shape index (κ1) is 14.1. The summed E-state index contributed by atoms with van der Waals surface area (Å²) >= 11 is 0. The average molecular weight is 272 g/mol. The summed E-state index contributed by atoms with van der Waals surface area (Å²) < 4.78 is 15.7. The summed E-state index contributed by atoms with van der Waals surface area (Å²) in [4.78, 5) is 12.0. The number of esters is 1. The molecule has 0 atom stereocenters. The molecule has 0 spiro atoms. The van der Waals surface area contributed by atoms with E-state index in [1.54, 1.807) is 25.3 Å². The van der Waals surface area contributed by atoms with Crippen molar-refractivity contribution >= 4 is 5.97 Å². The third-order valence-electron chi connectivity index (χ3n) is 2.60. The fraction of sp³-hybridized carbons (Fsp3) is 0.188. The van der Waals surface area contributed by atoms with Crippen LogP contribution >= 0.6 is 0 Å². The van der Waals surface area contributed by atoms with E-state index in [9.17, 15) is 4.79 Å². The van der Waals surface area contributed by atoms with Crippen LogP contribution < -0.4 is 4.74 Å². The number of hydrogen-bond donors (Lipinski definition) is 0. The van der Waals surface area contributed by atoms with E-state index in [4.69, 9.17) is 14.2 Å². The number of carbonyl (C=O) groups is 1. The molecule has 104 valence electrons. The van der Waals surface area contributed by atoms with E-state index < -0.39 is 5.97 Å². The highest BCUT2D eigenvalue weighted by Gasteiger charge is 2.13. The number of para-hydroxylation sites is 2. The standard InChI is InChI=1S/C16H16O4/c1-18-11-12-19-16(17)14-9-5-6-10-15(14)20-13-7-3-2-4-8-13/h2-10H,11-12H2,1H3. The number of carbonyl (C=O) groups excluding carboxylic acids is 1. The van der Waals surface area contributed by atoms with Crippen LogP contribution in [0.25, 0.3) is 0 Å². The molecule has 0 saturated heterocycles. The van der Waals surface area contributed by atoms with Gasteiger partial charge in [-0.1, -0.05) is 30.3 Å². The molecular weight excluding hydrogens is 256 g/mol. The van der Waals surface area contributed by atoms with E-state index in [1.807, 2.05) is 36.4 Å². The summed E-state index contributed by atoms with van der Waals surface area (Å²) in [7, 11) is 1.56. The Bertz CT molecular complexity index is 551. The van der Waals surface area contributed by atoms with E-state index in [0.717, 1.165) is 0 Å². The largest absolute Gasteiger partial charge is 0.460 e. The summed E-state index contributed by atoms with van der Waals surface area (Å²) in [6, 6.07) is 16.3. The minimum absolute atomic E-state index is 0.217. The Balaban J connectivity index is 2.11. The lowest BCUT2D eigenvalue weighted by Gasteiger charge is -2.10. The normalized spacial score (nSPS) is 10.1. The molecule has 4 heteroatoms. The lowest BCUT2D eigenvalue weighted by Crippen LogP contribution is -2.10. The van der Waals surface area contributed by atoms with Crippen LogP contribution in [0.3, 0.4) is 0 Å². The second-order valence-corrected chi connectivity index (χ2v) is 4.04. The highest BCUT2D eigenvalue weighted by Crippen LogP contribution is 2.25. The zero-order chi connectivity index (χ0) is 14.2. The molecule has 0 unspecified atom stereocenters. The number of hydrogen-bond acceptors (Lipinski definition) is 4. The second-order valence-electron chi connectivity index (χ2n) is 4.04. The van der Waals surface area contributed by atoms with Gasteiger partial charge in [0.2, 0.25) is 0 Å². The van der Waals surface area contributed by atoms with Gasteiger partial charge in [-0.2, -0.15) is 0 Å². The van der Waals surface area contributed by atoms with Gasteiger partial charge in [-0.25, -0.2) is 4.79 Å². The summed E-state index contributed by atoms with van der Waals surface area (Å²) in [5, 5.41) is 0. The summed E-state index contributed by atoms with van der Waals surface area (Å²) in [6.07, 6.45) is 0. The number of methoxy groups -OCH3 is 1. The molecule has 0 fully saturated rings. The van der Waals surface area contributed by atoms with Crippen LogP contribution in [-0.2, 0) is 9.47 Å². The summed E-state index contributed by atoms with van der Waals surface area (Å²) in [5.74, 6) is 0.722. The highest BCUT2D eigenvalue weighted by atomic mass is 16.6. The van der Waals surface area contributed by atoms with E-state index in [1.165, 1.54) is 0 Å². The third kappa shape index (κ3) is 3.83. The van der Waals surface area contributed by atoms with E-state index in [2.05, 4.69) is 0 Å². The summed E-state index contributed by atoms with van der Waals surface area (Å²) in [6.45, 7) is 0.586. The molecule has 2 rings (SSSR count). The molecule has 0 radical (unpaired) electrons. The Morgan fingerprint density at radius 2 is 1.65 bits per heavy atom. The molecular formula is C16H16O4. The van der Waals surface area contributed by atoms with Gasteiger partial charge in [0.15, 0.2) is 0 Å². The molecule has 0 aromatic heterocycles. The van der Waals surface area contributed by atoms with Gasteiger partial charge in [-0.15, -0.1) is 0 Å². The van der Waals surface area contributed by atoms with Crippen molar-refractivity contribution in [1.82, 2.24) is 0 Å². The highest BCUT2D eigenvalue weighted by molar-refractivity contribution is 5.92. The van der Waals surface area contributed by atoms with Crippen LogP contribution in [0.5, 0.6) is 11.5 Å². The van der Waals surface area contributed by atoms with Crippen LogP contribution in [0.2, 0.25) is 0 Å². The maximum atomic E-state index is 12.0. The van der Waals surface area contributed by atoms with Gasteiger partial charge in [0.05, 0.1) is 6.61 Å². The quantitative estimate of drug-likeness (QED) is 0.598. The fourth-order valence-electron chi connectivity index (χ4n) is 1.64. The minimum atomic E-state index is -0.423. The monoisotopic (exact) mass is 272 g/mol. The third-order valence-corrected chi connectivity index (χ3v) is 2.60. The SMILES string of the molecule is COCCOC(=O)c1ccccc1Oc1ccccc1. The fourth-order valence-corrected chi connectivity index (χ4v) is 1.64. The van der Waals surface area contributed by atoms with Crippen molar-refractivity contribution in [1.29, 1.82) is 0 Å². The van der Waals surface area contributed by atoms with Crippen molar-refractivity contribution in [2.75, 3.05) is 20.3 Å². The van der Waals surface area contributed by atoms with Gasteiger partial charge in [-0.3, -0.25) is 0 Å². The van der Waals surface area contributed by atoms with Crippen LogP contribution in [0.4, 0.5) is 0 Å². The zero-order valence-corrected chi connectivity index (χ0v) is 11.2. The lowest BCUT2D eigenvalue weighted by molar-refractivity contribution is 0.0385. The van der Waals surface area contributed by atoms with Crippen molar-refractivity contribution in [3.05, 3.63) is 60.2 Å². The predicted octanol–water partition coefficient (Wildman–Crippen LogP) is 3.28. The number of benzene rings is 2. The average Bonchev–Trinajstić information content (AvgIpc) is 2.49. The Morgan fingerprint density at radius 3 is 2.40 bits per heavy atom. The van der Waals surface area contributed by atoms with Gasteiger partial charge >= 0.3 is 5.97 Å². The van der Waals surface area contributed by atoms with Crippen molar-refractivity contribution in [2.45, 2.75) is 0 Å². The van der Waals surface area contributed by atoms with Gasteiger partial charge in [-0.05, 0) is 24.3 Å². The van der Waals surface area contributed by atoms with Crippen molar-refractivity contribution in [2.24, 2.45) is 0 Å². The summed E-state index contributed by atoms with van der Waals surface area (Å²) in [5.41, 5.74) is 0.396. The van der Waals surface area contributed by atoms with Crippen molar-refractivity contribution < 1.29 is 19.0 Å². The smallest absolute Gasteiger partial charge is 0.342 e. The van der Waals surface area contributed by atoms with Crippen LogP contribution in [0.1, 0.15) is 10.4 Å². The predicted molar refractivity (Wildman–Crippen MR) is 75.1 cm³/mol. The Hall–Kier alpha value is -2.33. The van der Waals surface area contributed by atoms with E-state index in [0.29, 0.717) is 23.7 Å². The maximum absolute atomic E-state index is 12.0. The first-order chi connectivity index (χ1) is 9.81. The van der Waals surface area contributed by atoms with Gasteiger partial charge < -0.3 is 14.2 Å². The lowest BCUT2D eigenvalue weighted by atomic mass is 10.2. The van der Waals surface area contributed by atoms with Gasteiger partial charge in [0.1, 0.15) is 23.7 Å². The molecule has 0 aliphatic heterocycles. The molecule has 0 N–H and O–H groups in total. The second kappa shape index (κ2) is 7.31. The van der Waals surface area contributed by atoms with E-state index >= 15 is 0 Å². The molecule has 2 aromatic carbocycles. The molecule has 4 nitrogen and oxygen atoms in total. The Kier molecular flexibility index (Phi) is 5.15. The van der Waals surface area contributed by atoms with Crippen LogP contribution in [0.15, 0.2) is 54.6 Å². The first-order valence-electron chi connectivity index (χ1n) is 6.29. The maximum Gasteiger partial charge on any atom is 0.342 e. The first-order valence-corrected chi connectivity index (χ1v) is 6.29. The molecule has 0 aliphatic rings. The van der Waals surface area contributed by atoms with Crippen LogP contribution in [-0.4, -0.2) is 26.3 Å². The molecule has 0 saturated carbocycles. The van der Waals surface area contributed by atoms with E-state index in [-0.39, 0.29) is 6.61 Å². The molecule has 0 aliphatic carbocycles. The van der Waals surface area contributed by atoms with Crippen LogP contribution in [0, 0.1) is 0 Å². The molecule has 0 heterocycles. The number of rotatable bonds is 6. The zero-order valence-electron chi connectivity index (χ0n) is 11.2. The topological polar surface area (TPSA) is 44.8 Å². The molecule has 0 bridgehead atoms. The van der Waals surface area contributed by atoms with Crippen molar-refractivity contribution in [3.63, 3.8) is 0 Å². The molecule has 2 aromatic rings. The van der Waals surface area contributed by atoms with Gasteiger partial charge in [0, 0.05) is 7.11 Å². The minimum Gasteiger partial charge on any atom is -0.460 e. The van der Waals surface area contributed by atoms with Gasteiger partial charge in [0.25, 0.3) is 0 Å². The molecule has 0 amide bonds. The number of ether oxygens (including phenoxy) is 3. The molecule has 20 heavy (non-hydrogen) atoms. The van der Waals surface area contributed by atoms with Crippen molar-refractivity contribution in [3.8, 4) is 11.5 Å². The Labute approximate surface area is 117 Å². The Morgan fingerprint density at radius 1 is 0.950 bits per heavy atom.